The van der Waals surface area contributed by atoms with Gasteiger partial charge in [-0.1, -0.05) is 6.07 Å². The SMILES string of the molecule is O=C(c1nc2cc(-c3cccnc3F)ccc2[nH]1)N1CC(N2CCN(C(=O)c3nccs3)CC2)C1. The van der Waals surface area contributed by atoms with Crippen molar-refractivity contribution in [3.05, 3.63) is 64.9 Å². The molecule has 3 aromatic heterocycles. The quantitative estimate of drug-likeness (QED) is 0.441. The zero-order valence-electron chi connectivity index (χ0n) is 18.7. The number of hydrogen-bond acceptors (Lipinski definition) is 7. The molecular formula is C24H22FN7O2S. The van der Waals surface area contributed by atoms with Crippen LogP contribution in [0.3, 0.4) is 0 Å². The number of pyridine rings is 1. The second kappa shape index (κ2) is 8.82. The fraction of sp³-hybridized carbons (Fsp3) is 0.292. The number of hydrogen-bond donors (Lipinski definition) is 1. The highest BCUT2D eigenvalue weighted by Crippen LogP contribution is 2.26. The number of aromatic amines is 1. The van der Waals surface area contributed by atoms with Gasteiger partial charge in [0.05, 0.1) is 11.0 Å². The summed E-state index contributed by atoms with van der Waals surface area (Å²) in [5.74, 6) is -0.423. The average molecular weight is 492 g/mol. The van der Waals surface area contributed by atoms with Crippen LogP contribution < -0.4 is 0 Å². The van der Waals surface area contributed by atoms with Crippen LogP contribution in [0.1, 0.15) is 20.4 Å². The third kappa shape index (κ3) is 4.06. The number of carbonyl (C=O) groups excluding carboxylic acids is 2. The van der Waals surface area contributed by atoms with Crippen molar-refractivity contribution in [3.63, 3.8) is 0 Å². The number of halogens is 1. The molecule has 178 valence electrons. The summed E-state index contributed by atoms with van der Waals surface area (Å²) in [4.78, 5) is 46.8. The summed E-state index contributed by atoms with van der Waals surface area (Å²) in [6.07, 6.45) is 3.06. The number of piperazine rings is 1. The number of rotatable bonds is 4. The molecule has 0 aliphatic carbocycles. The summed E-state index contributed by atoms with van der Waals surface area (Å²) in [5.41, 5.74) is 2.38. The number of benzene rings is 1. The summed E-state index contributed by atoms with van der Waals surface area (Å²) in [6.45, 7) is 4.13. The van der Waals surface area contributed by atoms with E-state index in [-0.39, 0.29) is 23.7 Å². The van der Waals surface area contributed by atoms with Crippen LogP contribution in [-0.2, 0) is 0 Å². The van der Waals surface area contributed by atoms with Crippen LogP contribution in [-0.4, -0.2) is 91.8 Å². The molecule has 2 saturated heterocycles. The van der Waals surface area contributed by atoms with E-state index in [0.29, 0.717) is 47.8 Å². The lowest BCUT2D eigenvalue weighted by molar-refractivity contribution is 0.00797. The van der Waals surface area contributed by atoms with Crippen LogP contribution in [0, 0.1) is 5.95 Å². The first-order valence-electron chi connectivity index (χ1n) is 11.4. The molecule has 0 radical (unpaired) electrons. The Morgan fingerprint density at radius 2 is 1.83 bits per heavy atom. The zero-order valence-corrected chi connectivity index (χ0v) is 19.5. The minimum absolute atomic E-state index is 0.00984. The molecule has 2 aliphatic rings. The molecule has 35 heavy (non-hydrogen) atoms. The summed E-state index contributed by atoms with van der Waals surface area (Å²) in [6, 6.07) is 8.96. The van der Waals surface area contributed by atoms with Crippen molar-refractivity contribution in [2.45, 2.75) is 6.04 Å². The molecule has 11 heteroatoms. The van der Waals surface area contributed by atoms with Gasteiger partial charge in [0.15, 0.2) is 10.8 Å². The van der Waals surface area contributed by atoms with Crippen LogP contribution in [0.25, 0.3) is 22.2 Å². The number of aromatic nitrogens is 4. The van der Waals surface area contributed by atoms with Crippen LogP contribution in [0.2, 0.25) is 0 Å². The number of amides is 2. The smallest absolute Gasteiger partial charge is 0.289 e. The van der Waals surface area contributed by atoms with Crippen molar-refractivity contribution in [1.82, 2.24) is 34.6 Å². The van der Waals surface area contributed by atoms with Crippen LogP contribution in [0.15, 0.2) is 48.1 Å². The maximum Gasteiger partial charge on any atom is 0.289 e. The Labute approximate surface area is 204 Å². The van der Waals surface area contributed by atoms with E-state index in [2.05, 4.69) is 24.8 Å². The summed E-state index contributed by atoms with van der Waals surface area (Å²) in [7, 11) is 0. The van der Waals surface area contributed by atoms with Gasteiger partial charge in [-0.05, 0) is 29.8 Å². The molecule has 0 saturated carbocycles. The minimum Gasteiger partial charge on any atom is -0.334 e. The predicted octanol–water partition coefficient (Wildman–Crippen LogP) is 2.50. The molecule has 0 unspecified atom stereocenters. The fourth-order valence-electron chi connectivity index (χ4n) is 4.63. The highest BCUT2D eigenvalue weighted by Gasteiger charge is 2.38. The molecule has 6 rings (SSSR count). The van der Waals surface area contributed by atoms with E-state index in [1.165, 1.54) is 17.5 Å². The molecule has 5 heterocycles. The Hall–Kier alpha value is -3.70. The molecule has 2 aliphatic heterocycles. The molecule has 4 aromatic rings. The Kier molecular flexibility index (Phi) is 5.50. The Bertz CT molecular complexity index is 1390. The first-order valence-corrected chi connectivity index (χ1v) is 12.3. The number of nitrogens with one attached hydrogen (secondary N) is 1. The summed E-state index contributed by atoms with van der Waals surface area (Å²) >= 11 is 1.36. The number of H-pyrrole nitrogens is 1. The van der Waals surface area contributed by atoms with Gasteiger partial charge in [-0.2, -0.15) is 4.39 Å². The van der Waals surface area contributed by atoms with Crippen LogP contribution in [0.5, 0.6) is 0 Å². The third-order valence-electron chi connectivity index (χ3n) is 6.64. The molecule has 2 amide bonds. The number of likely N-dealkylation sites (tertiary alicyclic amines) is 1. The third-order valence-corrected chi connectivity index (χ3v) is 7.40. The molecule has 0 atom stereocenters. The van der Waals surface area contributed by atoms with Gasteiger partial charge in [-0.25, -0.2) is 15.0 Å². The van der Waals surface area contributed by atoms with E-state index in [1.807, 2.05) is 10.3 Å². The highest BCUT2D eigenvalue weighted by molar-refractivity contribution is 7.11. The lowest BCUT2D eigenvalue weighted by atomic mass is 10.1. The first kappa shape index (κ1) is 21.8. The summed E-state index contributed by atoms with van der Waals surface area (Å²) in [5, 5.41) is 2.34. The summed E-state index contributed by atoms with van der Waals surface area (Å²) < 4.78 is 14.1. The van der Waals surface area contributed by atoms with E-state index >= 15 is 0 Å². The minimum atomic E-state index is -0.543. The molecule has 1 aromatic carbocycles. The Morgan fingerprint density at radius 1 is 1.00 bits per heavy atom. The van der Waals surface area contributed by atoms with Crippen molar-refractivity contribution in [2.24, 2.45) is 0 Å². The molecule has 1 N–H and O–H groups in total. The van der Waals surface area contributed by atoms with Crippen molar-refractivity contribution in [3.8, 4) is 11.1 Å². The normalized spacial score (nSPS) is 17.1. The zero-order chi connectivity index (χ0) is 23.9. The van der Waals surface area contributed by atoms with E-state index in [1.54, 1.807) is 41.4 Å². The van der Waals surface area contributed by atoms with Gasteiger partial charge in [0.2, 0.25) is 5.95 Å². The molecular weight excluding hydrogens is 469 g/mol. The molecule has 9 nitrogen and oxygen atoms in total. The predicted molar refractivity (Wildman–Crippen MR) is 129 cm³/mol. The fourth-order valence-corrected chi connectivity index (χ4v) is 5.23. The highest BCUT2D eigenvalue weighted by atomic mass is 32.1. The largest absolute Gasteiger partial charge is 0.334 e. The van der Waals surface area contributed by atoms with Gasteiger partial charge < -0.3 is 14.8 Å². The van der Waals surface area contributed by atoms with Crippen LogP contribution in [0.4, 0.5) is 4.39 Å². The maximum atomic E-state index is 14.1. The standard InChI is InChI=1S/C24H22FN7O2S/c25-20-17(2-1-5-26-20)15-3-4-18-19(12-15)29-21(28-18)23(33)32-13-16(14-32)30-7-9-31(10-8-30)24(34)22-27-6-11-35-22/h1-6,11-12,16H,7-10,13-14H2,(H,28,29). The lowest BCUT2D eigenvalue weighted by Crippen LogP contribution is -2.64. The number of nitrogens with zero attached hydrogens (tertiary/aromatic N) is 6. The van der Waals surface area contributed by atoms with Gasteiger partial charge in [-0.3, -0.25) is 14.5 Å². The van der Waals surface area contributed by atoms with E-state index < -0.39 is 5.95 Å². The monoisotopic (exact) mass is 491 g/mol. The van der Waals surface area contributed by atoms with Crippen molar-refractivity contribution >= 4 is 34.2 Å². The molecule has 0 bridgehead atoms. The number of imidazole rings is 1. The van der Waals surface area contributed by atoms with Gasteiger partial charge >= 0.3 is 0 Å². The number of thiazole rings is 1. The average Bonchev–Trinajstić information content (AvgIpc) is 3.53. The van der Waals surface area contributed by atoms with E-state index in [4.69, 9.17) is 0 Å². The number of carbonyl (C=O) groups is 2. The van der Waals surface area contributed by atoms with Gasteiger partial charge in [0.25, 0.3) is 11.8 Å². The van der Waals surface area contributed by atoms with Gasteiger partial charge in [-0.15, -0.1) is 11.3 Å². The second-order valence-electron chi connectivity index (χ2n) is 8.69. The van der Waals surface area contributed by atoms with Crippen molar-refractivity contribution in [2.75, 3.05) is 39.3 Å². The second-order valence-corrected chi connectivity index (χ2v) is 9.58. The maximum absolute atomic E-state index is 14.1. The van der Waals surface area contributed by atoms with Gasteiger partial charge in [0, 0.05) is 68.6 Å². The Morgan fingerprint density at radius 3 is 2.57 bits per heavy atom. The number of fused-ring (bicyclic) bond motifs is 1. The molecule has 0 spiro atoms. The van der Waals surface area contributed by atoms with Crippen LogP contribution >= 0.6 is 11.3 Å². The molecule has 2 fully saturated rings. The lowest BCUT2D eigenvalue weighted by Gasteiger charge is -2.47. The van der Waals surface area contributed by atoms with Crippen molar-refractivity contribution < 1.29 is 14.0 Å². The van der Waals surface area contributed by atoms with E-state index in [0.717, 1.165) is 18.6 Å². The topological polar surface area (TPSA) is 98.3 Å². The first-order chi connectivity index (χ1) is 17.1. The Balaban J connectivity index is 1.07. The van der Waals surface area contributed by atoms with Gasteiger partial charge in [0.1, 0.15) is 0 Å². The van der Waals surface area contributed by atoms with E-state index in [9.17, 15) is 14.0 Å². The van der Waals surface area contributed by atoms with Crippen molar-refractivity contribution in [1.29, 1.82) is 0 Å².